The summed E-state index contributed by atoms with van der Waals surface area (Å²) in [7, 11) is 0. The first-order valence-electron chi connectivity index (χ1n) is 6.33. The van der Waals surface area contributed by atoms with Crippen LogP contribution in [0.1, 0.15) is 38.0 Å². The first-order valence-corrected chi connectivity index (χ1v) is 7.21. The van der Waals surface area contributed by atoms with E-state index in [-0.39, 0.29) is 24.0 Å². The molecule has 0 saturated carbocycles. The van der Waals surface area contributed by atoms with Crippen molar-refractivity contribution in [2.45, 2.75) is 33.1 Å². The zero-order valence-corrected chi connectivity index (χ0v) is 14.5. The van der Waals surface area contributed by atoms with E-state index in [4.69, 9.17) is 0 Å². The Kier molecular flexibility index (Phi) is 10.4. The van der Waals surface area contributed by atoms with Crippen LogP contribution in [0, 0.1) is 0 Å². The van der Waals surface area contributed by atoms with Gasteiger partial charge in [-0.05, 0) is 24.8 Å². The molecular weight excluding hydrogens is 357 g/mol. The van der Waals surface area contributed by atoms with Crippen LogP contribution in [0.15, 0.2) is 22.5 Å². The maximum absolute atomic E-state index is 4.61. The monoisotopic (exact) mass is 381 g/mol. The maximum Gasteiger partial charge on any atom is 0.191 e. The van der Waals surface area contributed by atoms with Crippen LogP contribution < -0.4 is 10.6 Å². The Morgan fingerprint density at radius 3 is 2.72 bits per heavy atom. The third kappa shape index (κ3) is 6.58. The Balaban J connectivity index is 0.00000289. The number of guanidine groups is 1. The molecule has 1 rings (SSSR count). The van der Waals surface area contributed by atoms with Crippen molar-refractivity contribution in [2.75, 3.05) is 19.6 Å². The lowest BCUT2D eigenvalue weighted by atomic mass is 10.1. The van der Waals surface area contributed by atoms with Gasteiger partial charge in [0, 0.05) is 23.9 Å². The lowest BCUT2D eigenvalue weighted by molar-refractivity contribution is 0.749. The normalized spacial score (nSPS) is 12.7. The number of halogens is 1. The minimum Gasteiger partial charge on any atom is -0.357 e. The topological polar surface area (TPSA) is 36.4 Å². The van der Waals surface area contributed by atoms with E-state index < -0.39 is 0 Å². The van der Waals surface area contributed by atoms with Crippen LogP contribution in [0.4, 0.5) is 0 Å². The Labute approximate surface area is 131 Å². The third-order valence-corrected chi connectivity index (χ3v) is 3.54. The molecular formula is C13H24IN3S. The summed E-state index contributed by atoms with van der Waals surface area (Å²) in [4.78, 5) is 6.01. The molecule has 1 heterocycles. The highest BCUT2D eigenvalue weighted by Crippen LogP contribution is 2.20. The Morgan fingerprint density at radius 2 is 2.17 bits per heavy atom. The average molecular weight is 381 g/mol. The smallest absolute Gasteiger partial charge is 0.191 e. The van der Waals surface area contributed by atoms with Gasteiger partial charge < -0.3 is 10.6 Å². The summed E-state index contributed by atoms with van der Waals surface area (Å²) in [5.74, 6) is 1.42. The van der Waals surface area contributed by atoms with Crippen molar-refractivity contribution in [3.05, 3.63) is 22.4 Å². The highest BCUT2D eigenvalue weighted by atomic mass is 127. The van der Waals surface area contributed by atoms with Crippen molar-refractivity contribution in [2.24, 2.45) is 4.99 Å². The molecule has 1 atom stereocenters. The molecule has 0 aliphatic heterocycles. The third-order valence-electron chi connectivity index (χ3n) is 2.44. The summed E-state index contributed by atoms with van der Waals surface area (Å²) in [5, 5.41) is 8.69. The van der Waals surface area contributed by atoms with Crippen molar-refractivity contribution in [3.8, 4) is 0 Å². The van der Waals surface area contributed by atoms with Crippen LogP contribution in [-0.4, -0.2) is 25.6 Å². The van der Waals surface area contributed by atoms with Crippen LogP contribution in [0.2, 0.25) is 0 Å². The standard InChI is InChI=1S/C13H23N3S.HI/c1-4-8-15-13(14-5-2)16-10-11(3)12-7-6-9-17-12;/h6-7,9,11H,4-5,8,10H2,1-3H3,(H2,14,15,16);1H. The lowest BCUT2D eigenvalue weighted by Gasteiger charge is -2.12. The molecule has 1 aromatic rings. The molecule has 0 aromatic carbocycles. The molecule has 0 aliphatic carbocycles. The Morgan fingerprint density at radius 1 is 1.39 bits per heavy atom. The summed E-state index contributed by atoms with van der Waals surface area (Å²) in [6.07, 6.45) is 1.12. The highest BCUT2D eigenvalue weighted by Gasteiger charge is 2.05. The van der Waals surface area contributed by atoms with Gasteiger partial charge in [-0.3, -0.25) is 4.99 Å². The van der Waals surface area contributed by atoms with Crippen LogP contribution in [0.5, 0.6) is 0 Å². The van der Waals surface area contributed by atoms with Gasteiger partial charge in [0.05, 0.1) is 6.54 Å². The molecule has 0 radical (unpaired) electrons. The molecule has 1 aromatic heterocycles. The minimum atomic E-state index is 0. The minimum absolute atomic E-state index is 0. The summed E-state index contributed by atoms with van der Waals surface area (Å²) in [6, 6.07) is 4.28. The molecule has 0 spiro atoms. The summed E-state index contributed by atoms with van der Waals surface area (Å²) < 4.78 is 0. The first-order chi connectivity index (χ1) is 8.27. The van der Waals surface area contributed by atoms with Crippen molar-refractivity contribution in [3.63, 3.8) is 0 Å². The van der Waals surface area contributed by atoms with Gasteiger partial charge >= 0.3 is 0 Å². The second-order valence-corrected chi connectivity index (χ2v) is 5.04. The van der Waals surface area contributed by atoms with Crippen molar-refractivity contribution in [1.29, 1.82) is 0 Å². The molecule has 0 bridgehead atoms. The molecule has 18 heavy (non-hydrogen) atoms. The van der Waals surface area contributed by atoms with E-state index in [1.54, 1.807) is 11.3 Å². The molecule has 5 heteroatoms. The van der Waals surface area contributed by atoms with Gasteiger partial charge in [-0.2, -0.15) is 0 Å². The average Bonchev–Trinajstić information content (AvgIpc) is 2.86. The SMILES string of the molecule is CCCNC(=NCC(C)c1cccs1)NCC.I. The van der Waals surface area contributed by atoms with Gasteiger partial charge in [-0.25, -0.2) is 0 Å². The van der Waals surface area contributed by atoms with Gasteiger partial charge in [0.25, 0.3) is 0 Å². The van der Waals surface area contributed by atoms with Gasteiger partial charge in [0.15, 0.2) is 5.96 Å². The summed E-state index contributed by atoms with van der Waals surface area (Å²) >= 11 is 1.80. The number of aliphatic imine (C=N–C) groups is 1. The molecule has 0 fully saturated rings. The zero-order chi connectivity index (χ0) is 12.5. The van der Waals surface area contributed by atoms with E-state index in [1.807, 2.05) is 0 Å². The zero-order valence-electron chi connectivity index (χ0n) is 11.4. The number of rotatable bonds is 6. The number of nitrogens with one attached hydrogen (secondary N) is 2. The van der Waals surface area contributed by atoms with Crippen molar-refractivity contribution in [1.82, 2.24) is 10.6 Å². The fraction of sp³-hybridized carbons (Fsp3) is 0.615. The van der Waals surface area contributed by atoms with Gasteiger partial charge in [-0.1, -0.05) is 19.9 Å². The van der Waals surface area contributed by atoms with Crippen LogP contribution in [0.25, 0.3) is 0 Å². The van der Waals surface area contributed by atoms with E-state index in [0.29, 0.717) is 5.92 Å². The fourth-order valence-corrected chi connectivity index (χ4v) is 2.25. The predicted octanol–water partition coefficient (Wildman–Crippen LogP) is 3.43. The Bertz CT molecular complexity index is 325. The number of hydrogen-bond acceptors (Lipinski definition) is 2. The molecule has 104 valence electrons. The van der Waals surface area contributed by atoms with Crippen LogP contribution >= 0.6 is 35.3 Å². The van der Waals surface area contributed by atoms with Crippen molar-refractivity contribution < 1.29 is 0 Å². The second kappa shape index (κ2) is 10.6. The van der Waals surface area contributed by atoms with E-state index in [0.717, 1.165) is 32.0 Å². The number of nitrogens with zero attached hydrogens (tertiary/aromatic N) is 1. The van der Waals surface area contributed by atoms with Crippen molar-refractivity contribution >= 4 is 41.3 Å². The molecule has 0 amide bonds. The molecule has 3 nitrogen and oxygen atoms in total. The lowest BCUT2D eigenvalue weighted by Crippen LogP contribution is -2.37. The van der Waals surface area contributed by atoms with E-state index >= 15 is 0 Å². The molecule has 0 saturated heterocycles. The molecule has 1 unspecified atom stereocenters. The predicted molar refractivity (Wildman–Crippen MR) is 92.4 cm³/mol. The number of hydrogen-bond donors (Lipinski definition) is 2. The first kappa shape index (κ1) is 17.7. The summed E-state index contributed by atoms with van der Waals surface area (Å²) in [6.45, 7) is 9.18. The van der Waals surface area contributed by atoms with E-state index in [2.05, 4.69) is 53.9 Å². The fourth-order valence-electron chi connectivity index (χ4n) is 1.48. The largest absolute Gasteiger partial charge is 0.357 e. The van der Waals surface area contributed by atoms with Crippen LogP contribution in [-0.2, 0) is 0 Å². The highest BCUT2D eigenvalue weighted by molar-refractivity contribution is 14.0. The van der Waals surface area contributed by atoms with Crippen LogP contribution in [0.3, 0.4) is 0 Å². The van der Waals surface area contributed by atoms with E-state index in [1.165, 1.54) is 4.88 Å². The maximum atomic E-state index is 4.61. The molecule has 2 N–H and O–H groups in total. The van der Waals surface area contributed by atoms with E-state index in [9.17, 15) is 0 Å². The van der Waals surface area contributed by atoms with Gasteiger partial charge in [0.2, 0.25) is 0 Å². The van der Waals surface area contributed by atoms with Gasteiger partial charge in [0.1, 0.15) is 0 Å². The summed E-state index contributed by atoms with van der Waals surface area (Å²) in [5.41, 5.74) is 0. The quantitative estimate of drug-likeness (QED) is 0.450. The van der Waals surface area contributed by atoms with Gasteiger partial charge in [-0.15, -0.1) is 35.3 Å². The second-order valence-electron chi connectivity index (χ2n) is 4.06. The number of thiophene rings is 1. The Hall–Kier alpha value is -0.300. The molecule has 0 aliphatic rings.